The third kappa shape index (κ3) is 2.90. The fourth-order valence-corrected chi connectivity index (χ4v) is 10.2. The van der Waals surface area contributed by atoms with Crippen LogP contribution in [0.3, 0.4) is 0 Å². The molecule has 45 heavy (non-hydrogen) atoms. The summed E-state index contributed by atoms with van der Waals surface area (Å²) in [6.45, 7) is 0. The van der Waals surface area contributed by atoms with Crippen molar-refractivity contribution in [2.45, 2.75) is 17.9 Å². The van der Waals surface area contributed by atoms with Crippen LogP contribution in [0, 0.1) is 0 Å². The second kappa shape index (κ2) is 8.50. The van der Waals surface area contributed by atoms with Crippen molar-refractivity contribution >= 4 is 54.0 Å². The Bertz CT molecular complexity index is 2440. The van der Waals surface area contributed by atoms with Gasteiger partial charge in [0, 0.05) is 37.1 Å². The largest absolute Gasteiger partial charge is 0.333 e. The molecule has 4 aliphatic rings. The van der Waals surface area contributed by atoms with E-state index in [0.717, 1.165) is 6.42 Å². The number of allylic oxidation sites excluding steroid dienone is 2. The summed E-state index contributed by atoms with van der Waals surface area (Å²) in [6, 6.07) is 52.7. The van der Waals surface area contributed by atoms with Gasteiger partial charge in [-0.3, -0.25) is 0 Å². The number of nitrogens with zero attached hydrogens (tertiary/aromatic N) is 1. The molecule has 0 N–H and O–H groups in total. The lowest BCUT2D eigenvalue weighted by atomic mass is 9.68. The van der Waals surface area contributed by atoms with E-state index in [4.69, 9.17) is 0 Å². The third-order valence-electron chi connectivity index (χ3n) is 10.8. The number of benzene rings is 6. The zero-order chi connectivity index (χ0) is 29.3. The molecule has 1 spiro atoms. The molecular weight excluding hydrogens is 563 g/mol. The van der Waals surface area contributed by atoms with Gasteiger partial charge in [-0.05, 0) is 86.9 Å². The Kier molecular flexibility index (Phi) is 4.57. The van der Waals surface area contributed by atoms with E-state index in [1.807, 2.05) is 11.3 Å². The Morgan fingerprint density at radius 3 is 1.93 bits per heavy atom. The maximum absolute atomic E-state index is 2.63. The average molecular weight is 590 g/mol. The first-order chi connectivity index (χ1) is 22.3. The summed E-state index contributed by atoms with van der Waals surface area (Å²) in [5.41, 5.74) is 16.4. The lowest BCUT2D eigenvalue weighted by Crippen LogP contribution is -2.31. The first-order valence-corrected chi connectivity index (χ1v) is 16.7. The van der Waals surface area contributed by atoms with Gasteiger partial charge in [0.05, 0.1) is 11.5 Å². The second-order valence-electron chi connectivity index (χ2n) is 12.8. The van der Waals surface area contributed by atoms with Crippen molar-refractivity contribution in [2.24, 2.45) is 0 Å². The highest BCUT2D eigenvalue weighted by Gasteiger charge is 2.54. The maximum atomic E-state index is 2.63. The molecule has 0 bridgehead atoms. The van der Waals surface area contributed by atoms with Crippen LogP contribution in [0.1, 0.15) is 34.2 Å². The highest BCUT2D eigenvalue weighted by molar-refractivity contribution is 7.25. The van der Waals surface area contributed by atoms with Gasteiger partial charge < -0.3 is 4.90 Å². The van der Waals surface area contributed by atoms with Crippen LogP contribution in [0.5, 0.6) is 0 Å². The van der Waals surface area contributed by atoms with E-state index in [1.165, 1.54) is 87.2 Å². The van der Waals surface area contributed by atoms with E-state index in [1.54, 1.807) is 0 Å². The number of para-hydroxylation sites is 1. The summed E-state index contributed by atoms with van der Waals surface area (Å²) in [5, 5.41) is 2.70. The van der Waals surface area contributed by atoms with Crippen LogP contribution < -0.4 is 4.90 Å². The predicted octanol–water partition coefficient (Wildman–Crippen LogP) is 11.1. The first-order valence-electron chi connectivity index (χ1n) is 15.9. The number of thiophene rings is 1. The molecule has 0 saturated heterocycles. The molecule has 1 aromatic heterocycles. The van der Waals surface area contributed by atoms with E-state index < -0.39 is 0 Å². The average Bonchev–Trinajstić information content (AvgIpc) is 3.81. The molecule has 11 rings (SSSR count). The van der Waals surface area contributed by atoms with Gasteiger partial charge >= 0.3 is 0 Å². The molecule has 0 fully saturated rings. The third-order valence-corrected chi connectivity index (χ3v) is 12.0. The summed E-state index contributed by atoms with van der Waals surface area (Å²) >= 11 is 1.89. The van der Waals surface area contributed by atoms with Crippen molar-refractivity contribution in [3.8, 4) is 11.1 Å². The molecule has 2 heteroatoms. The molecule has 3 aliphatic carbocycles. The van der Waals surface area contributed by atoms with E-state index in [9.17, 15) is 0 Å². The van der Waals surface area contributed by atoms with Gasteiger partial charge in [-0.15, -0.1) is 11.3 Å². The SMILES string of the molecule is C1=C2c3ccccc3N(c3ccc4sc5ccccc5c4c3)C2CC2=C1C1(c3ccccc32)c2ccccc2-c2ccccc21. The normalized spacial score (nSPS) is 18.1. The van der Waals surface area contributed by atoms with Gasteiger partial charge in [0.15, 0.2) is 0 Å². The van der Waals surface area contributed by atoms with Crippen LogP contribution in [0.15, 0.2) is 151 Å². The van der Waals surface area contributed by atoms with Crippen LogP contribution in [-0.2, 0) is 5.41 Å². The second-order valence-corrected chi connectivity index (χ2v) is 13.8. The summed E-state index contributed by atoms with van der Waals surface area (Å²) in [7, 11) is 0. The molecule has 2 heterocycles. The highest BCUT2D eigenvalue weighted by Crippen LogP contribution is 2.65. The molecule has 6 aromatic carbocycles. The number of rotatable bonds is 1. The zero-order valence-electron chi connectivity index (χ0n) is 24.5. The van der Waals surface area contributed by atoms with Crippen molar-refractivity contribution in [3.63, 3.8) is 0 Å². The highest BCUT2D eigenvalue weighted by atomic mass is 32.1. The molecule has 0 amide bonds. The Morgan fingerprint density at radius 2 is 1.16 bits per heavy atom. The van der Waals surface area contributed by atoms with E-state index in [0.29, 0.717) is 0 Å². The predicted molar refractivity (Wildman–Crippen MR) is 189 cm³/mol. The van der Waals surface area contributed by atoms with E-state index in [2.05, 4.69) is 151 Å². The minimum Gasteiger partial charge on any atom is -0.333 e. The number of hydrogen-bond acceptors (Lipinski definition) is 2. The lowest BCUT2D eigenvalue weighted by Gasteiger charge is -2.35. The Morgan fingerprint density at radius 1 is 0.556 bits per heavy atom. The summed E-state index contributed by atoms with van der Waals surface area (Å²) in [4.78, 5) is 2.63. The monoisotopic (exact) mass is 589 g/mol. The lowest BCUT2D eigenvalue weighted by molar-refractivity contribution is 0.772. The molecule has 1 atom stereocenters. The molecule has 1 aliphatic heterocycles. The molecular formula is C43H27NS. The van der Waals surface area contributed by atoms with Crippen molar-refractivity contribution in [1.82, 2.24) is 0 Å². The molecule has 210 valence electrons. The van der Waals surface area contributed by atoms with Gasteiger partial charge in [0.25, 0.3) is 0 Å². The van der Waals surface area contributed by atoms with E-state index >= 15 is 0 Å². The summed E-state index contributed by atoms with van der Waals surface area (Å²) < 4.78 is 2.70. The Labute approximate surface area is 266 Å². The molecule has 0 saturated carbocycles. The molecule has 1 unspecified atom stereocenters. The van der Waals surface area contributed by atoms with Crippen molar-refractivity contribution in [3.05, 3.63) is 179 Å². The zero-order valence-corrected chi connectivity index (χ0v) is 25.3. The first kappa shape index (κ1) is 24.2. The summed E-state index contributed by atoms with van der Waals surface area (Å²) in [6.07, 6.45) is 3.57. The van der Waals surface area contributed by atoms with Crippen LogP contribution in [0.25, 0.3) is 42.4 Å². The number of hydrogen-bond donors (Lipinski definition) is 0. The van der Waals surface area contributed by atoms with E-state index in [-0.39, 0.29) is 11.5 Å². The number of fused-ring (bicyclic) bond motifs is 15. The van der Waals surface area contributed by atoms with Gasteiger partial charge in [0.2, 0.25) is 0 Å². The standard InChI is InChI=1S/C43H27NS/c1-6-16-35-27(11-1)28-12-2-7-17-36(28)43(35)37-18-8-3-13-29(37)32-25-40-33(24-38(32)43)30-14-4-9-19-39(30)44(40)26-21-22-42-34(23-26)31-15-5-10-20-41(31)45-42/h1-24,40H,25H2. The van der Waals surface area contributed by atoms with Crippen LogP contribution in [0.4, 0.5) is 11.4 Å². The van der Waals surface area contributed by atoms with Gasteiger partial charge in [-0.2, -0.15) is 0 Å². The van der Waals surface area contributed by atoms with Gasteiger partial charge in [-0.1, -0.05) is 115 Å². The minimum atomic E-state index is -0.298. The number of anilines is 2. The Hall–Kier alpha value is -5.18. The minimum absolute atomic E-state index is 0.235. The quantitative estimate of drug-likeness (QED) is 0.184. The topological polar surface area (TPSA) is 3.24 Å². The van der Waals surface area contributed by atoms with Crippen LogP contribution >= 0.6 is 11.3 Å². The van der Waals surface area contributed by atoms with Gasteiger partial charge in [-0.25, -0.2) is 0 Å². The van der Waals surface area contributed by atoms with Crippen molar-refractivity contribution in [1.29, 1.82) is 0 Å². The van der Waals surface area contributed by atoms with Gasteiger partial charge in [0.1, 0.15) is 0 Å². The fourth-order valence-electron chi connectivity index (χ4n) is 9.14. The Balaban J connectivity index is 1.17. The summed E-state index contributed by atoms with van der Waals surface area (Å²) in [5.74, 6) is 0. The van der Waals surface area contributed by atoms with Crippen LogP contribution in [0.2, 0.25) is 0 Å². The van der Waals surface area contributed by atoms with Crippen molar-refractivity contribution in [2.75, 3.05) is 4.90 Å². The molecule has 0 radical (unpaired) electrons. The molecule has 7 aromatic rings. The van der Waals surface area contributed by atoms with Crippen LogP contribution in [-0.4, -0.2) is 6.04 Å². The maximum Gasteiger partial charge on any atom is 0.0722 e. The molecule has 1 nitrogen and oxygen atoms in total. The fraction of sp³-hybridized carbons (Fsp3) is 0.0698. The smallest absolute Gasteiger partial charge is 0.0722 e. The van der Waals surface area contributed by atoms with Crippen molar-refractivity contribution < 1.29 is 0 Å².